The molecule has 0 radical (unpaired) electrons. The van der Waals surface area contributed by atoms with Crippen LogP contribution in [0.3, 0.4) is 0 Å². The van der Waals surface area contributed by atoms with Crippen LogP contribution in [-0.4, -0.2) is 31.7 Å². The topological polar surface area (TPSA) is 75.2 Å². The molecule has 0 bridgehead atoms. The first-order chi connectivity index (χ1) is 16.0. The van der Waals surface area contributed by atoms with Crippen molar-refractivity contribution in [3.05, 3.63) is 66.0 Å². The highest BCUT2D eigenvalue weighted by Crippen LogP contribution is 2.33. The Kier molecular flexibility index (Phi) is 6.48. The first kappa shape index (κ1) is 23.9. The molecule has 1 aromatic heterocycles. The van der Waals surface area contributed by atoms with E-state index in [2.05, 4.69) is 26.7 Å². The molecule has 180 valence electrons. The summed E-state index contributed by atoms with van der Waals surface area (Å²) in [6.45, 7) is 4.10. The molecule has 1 N–H and O–H groups in total. The number of piperidine rings is 1. The minimum atomic E-state index is -5.01. The maximum Gasteiger partial charge on any atom is 0.419 e. The highest BCUT2D eigenvalue weighted by Gasteiger charge is 2.35. The molecular weight excluding hydrogens is 472 g/mol. The lowest BCUT2D eigenvalue weighted by atomic mass is 9.99. The van der Waals surface area contributed by atoms with Crippen LogP contribution in [0.5, 0.6) is 0 Å². The Morgan fingerprint density at radius 1 is 0.971 bits per heavy atom. The van der Waals surface area contributed by atoms with Crippen molar-refractivity contribution in [2.75, 3.05) is 22.7 Å². The number of alkyl halides is 3. The van der Waals surface area contributed by atoms with Gasteiger partial charge in [0.05, 0.1) is 16.2 Å². The molecule has 0 atom stereocenters. The Morgan fingerprint density at radius 3 is 2.24 bits per heavy atom. The van der Waals surface area contributed by atoms with E-state index < -0.39 is 32.5 Å². The summed E-state index contributed by atoms with van der Waals surface area (Å²) in [6.07, 6.45) is -2.80. The van der Waals surface area contributed by atoms with Gasteiger partial charge < -0.3 is 4.90 Å². The third-order valence-corrected chi connectivity index (χ3v) is 7.12. The number of hydrogen-bond donors (Lipinski definition) is 1. The van der Waals surface area contributed by atoms with Gasteiger partial charge in [-0.05, 0) is 61.2 Å². The smallest absolute Gasteiger partial charge is 0.355 e. The zero-order chi connectivity index (χ0) is 24.5. The van der Waals surface area contributed by atoms with Crippen LogP contribution < -0.4 is 9.62 Å². The highest BCUT2D eigenvalue weighted by molar-refractivity contribution is 7.92. The van der Waals surface area contributed by atoms with Gasteiger partial charge >= 0.3 is 6.18 Å². The molecule has 4 rings (SSSR count). The second-order valence-corrected chi connectivity index (χ2v) is 9.95. The van der Waals surface area contributed by atoms with Crippen LogP contribution in [0, 0.1) is 11.7 Å². The van der Waals surface area contributed by atoms with Crippen LogP contribution in [-0.2, 0) is 16.2 Å². The molecule has 2 aromatic carbocycles. The minimum absolute atomic E-state index is 0.133. The van der Waals surface area contributed by atoms with Gasteiger partial charge in [-0.1, -0.05) is 19.1 Å². The van der Waals surface area contributed by atoms with Gasteiger partial charge in [-0.2, -0.15) is 13.2 Å². The number of rotatable bonds is 5. The van der Waals surface area contributed by atoms with E-state index in [9.17, 15) is 26.0 Å². The van der Waals surface area contributed by atoms with Crippen molar-refractivity contribution in [2.45, 2.75) is 30.8 Å². The molecule has 1 saturated heterocycles. The Morgan fingerprint density at radius 2 is 1.65 bits per heavy atom. The molecule has 2 heterocycles. The molecule has 0 amide bonds. The Labute approximate surface area is 194 Å². The fourth-order valence-electron chi connectivity index (χ4n) is 3.70. The van der Waals surface area contributed by atoms with E-state index in [0.717, 1.165) is 37.8 Å². The van der Waals surface area contributed by atoms with Crippen LogP contribution in [0.25, 0.3) is 11.3 Å². The summed E-state index contributed by atoms with van der Waals surface area (Å²) in [5.41, 5.74) is -0.229. The number of anilines is 2. The molecule has 1 aliphatic rings. The van der Waals surface area contributed by atoms with Crippen LogP contribution in [0.1, 0.15) is 25.3 Å². The molecule has 34 heavy (non-hydrogen) atoms. The predicted molar refractivity (Wildman–Crippen MR) is 120 cm³/mol. The van der Waals surface area contributed by atoms with Crippen molar-refractivity contribution >= 4 is 21.5 Å². The summed E-state index contributed by atoms with van der Waals surface area (Å²) in [5.74, 6) is -0.0375. The fraction of sp³-hybridized carbons (Fsp3) is 0.304. The SMILES string of the molecule is CC1CCN(c2ccc(-c3ccc(NS(=O)(=O)c4ccc(F)c(C(F)(F)F)c4)cc3)nn2)CC1. The van der Waals surface area contributed by atoms with E-state index in [1.165, 1.54) is 12.1 Å². The van der Waals surface area contributed by atoms with E-state index in [1.54, 1.807) is 12.1 Å². The normalized spacial score (nSPS) is 15.4. The van der Waals surface area contributed by atoms with Crippen LogP contribution >= 0.6 is 0 Å². The lowest BCUT2D eigenvalue weighted by Gasteiger charge is -2.30. The van der Waals surface area contributed by atoms with Gasteiger partial charge in [0.25, 0.3) is 10.0 Å². The monoisotopic (exact) mass is 494 g/mol. The van der Waals surface area contributed by atoms with Crippen molar-refractivity contribution < 1.29 is 26.0 Å². The van der Waals surface area contributed by atoms with Gasteiger partial charge in [0.2, 0.25) is 0 Å². The molecule has 1 aliphatic heterocycles. The molecule has 1 fully saturated rings. The van der Waals surface area contributed by atoms with E-state index in [0.29, 0.717) is 23.2 Å². The van der Waals surface area contributed by atoms with Gasteiger partial charge in [0.15, 0.2) is 5.82 Å². The van der Waals surface area contributed by atoms with Crippen molar-refractivity contribution in [1.82, 2.24) is 10.2 Å². The van der Waals surface area contributed by atoms with Crippen LogP contribution in [0.15, 0.2) is 59.5 Å². The summed E-state index contributed by atoms with van der Waals surface area (Å²) < 4.78 is 79.5. The summed E-state index contributed by atoms with van der Waals surface area (Å²) in [5, 5.41) is 8.57. The maximum absolute atomic E-state index is 13.5. The molecule has 3 aromatic rings. The number of aromatic nitrogens is 2. The lowest BCUT2D eigenvalue weighted by molar-refractivity contribution is -0.140. The van der Waals surface area contributed by atoms with E-state index in [1.807, 2.05) is 12.1 Å². The molecule has 0 unspecified atom stereocenters. The second kappa shape index (κ2) is 9.21. The van der Waals surface area contributed by atoms with Crippen LogP contribution in [0.2, 0.25) is 0 Å². The van der Waals surface area contributed by atoms with Crippen molar-refractivity contribution in [3.8, 4) is 11.3 Å². The first-order valence-electron chi connectivity index (χ1n) is 10.6. The minimum Gasteiger partial charge on any atom is -0.355 e. The van der Waals surface area contributed by atoms with Crippen LogP contribution in [0.4, 0.5) is 29.1 Å². The highest BCUT2D eigenvalue weighted by atomic mass is 32.2. The zero-order valence-corrected chi connectivity index (χ0v) is 19.0. The largest absolute Gasteiger partial charge is 0.419 e. The number of benzene rings is 2. The Balaban J connectivity index is 1.48. The van der Waals surface area contributed by atoms with E-state index in [4.69, 9.17) is 0 Å². The number of nitrogens with zero attached hydrogens (tertiary/aromatic N) is 3. The number of nitrogens with one attached hydrogen (secondary N) is 1. The quantitative estimate of drug-likeness (QED) is 0.485. The summed E-state index contributed by atoms with van der Waals surface area (Å²) in [7, 11) is -4.36. The third kappa shape index (κ3) is 5.30. The summed E-state index contributed by atoms with van der Waals surface area (Å²) >= 11 is 0. The summed E-state index contributed by atoms with van der Waals surface area (Å²) in [4.78, 5) is 1.49. The van der Waals surface area contributed by atoms with Crippen molar-refractivity contribution in [1.29, 1.82) is 0 Å². The van der Waals surface area contributed by atoms with Gasteiger partial charge in [-0.25, -0.2) is 12.8 Å². The van der Waals surface area contributed by atoms with E-state index in [-0.39, 0.29) is 11.8 Å². The molecule has 6 nitrogen and oxygen atoms in total. The van der Waals surface area contributed by atoms with Crippen molar-refractivity contribution in [3.63, 3.8) is 0 Å². The first-order valence-corrected chi connectivity index (χ1v) is 12.1. The van der Waals surface area contributed by atoms with Gasteiger partial charge in [0.1, 0.15) is 5.82 Å². The Hall–Kier alpha value is -3.21. The lowest BCUT2D eigenvalue weighted by Crippen LogP contribution is -2.33. The number of halogens is 4. The van der Waals surface area contributed by atoms with Crippen molar-refractivity contribution in [2.24, 2.45) is 5.92 Å². The molecule has 0 aliphatic carbocycles. The van der Waals surface area contributed by atoms with Gasteiger partial charge in [-0.3, -0.25) is 4.72 Å². The molecule has 0 spiro atoms. The van der Waals surface area contributed by atoms with E-state index >= 15 is 0 Å². The number of hydrogen-bond acceptors (Lipinski definition) is 5. The second-order valence-electron chi connectivity index (χ2n) is 8.27. The number of sulfonamides is 1. The maximum atomic E-state index is 13.5. The Bertz CT molecular complexity index is 1260. The third-order valence-electron chi connectivity index (χ3n) is 5.74. The average molecular weight is 495 g/mol. The fourth-order valence-corrected chi connectivity index (χ4v) is 4.78. The molecule has 0 saturated carbocycles. The summed E-state index contributed by atoms with van der Waals surface area (Å²) in [6, 6.07) is 11.4. The van der Waals surface area contributed by atoms with Gasteiger partial charge in [0, 0.05) is 24.3 Å². The molecular formula is C23H22F4N4O2S. The van der Waals surface area contributed by atoms with Gasteiger partial charge in [-0.15, -0.1) is 10.2 Å². The standard InChI is InChI=1S/C23H22F4N4O2S/c1-15-10-12-31(13-11-15)22-9-8-21(28-29-22)16-2-4-17(5-3-16)30-34(32,33)18-6-7-20(24)19(14-18)23(25,26)27/h2-9,14-15,30H,10-13H2,1H3. The average Bonchev–Trinajstić information content (AvgIpc) is 2.79. The molecule has 11 heteroatoms. The zero-order valence-electron chi connectivity index (χ0n) is 18.2. The predicted octanol–water partition coefficient (Wildman–Crippen LogP) is 5.34.